The maximum atomic E-state index is 12.6. The molecule has 0 aromatic heterocycles. The minimum Gasteiger partial charge on any atom is -0.348 e. The van der Waals surface area contributed by atoms with Gasteiger partial charge in [-0.15, -0.1) is 0 Å². The molecule has 3 rings (SSSR count). The van der Waals surface area contributed by atoms with E-state index >= 15 is 0 Å². The Labute approximate surface area is 176 Å². The molecule has 0 unspecified atom stereocenters. The van der Waals surface area contributed by atoms with Gasteiger partial charge in [-0.05, 0) is 47.5 Å². The summed E-state index contributed by atoms with van der Waals surface area (Å²) in [5.41, 5.74) is 2.25. The van der Waals surface area contributed by atoms with E-state index in [0.717, 1.165) is 11.1 Å². The van der Waals surface area contributed by atoms with Gasteiger partial charge in [-0.2, -0.15) is 4.31 Å². The van der Waals surface area contributed by atoms with Crippen molar-refractivity contribution < 1.29 is 13.2 Å². The molecule has 7 heteroatoms. The fourth-order valence-corrected chi connectivity index (χ4v) is 4.07. The minimum atomic E-state index is -3.56. The fraction of sp³-hybridized carbons (Fsp3) is 0.136. The van der Waals surface area contributed by atoms with Crippen molar-refractivity contribution in [3.05, 3.63) is 101 Å². The number of carbonyl (C=O) groups is 1. The molecular weight excluding hydrogens is 408 g/mol. The van der Waals surface area contributed by atoms with E-state index in [4.69, 9.17) is 11.6 Å². The lowest BCUT2D eigenvalue weighted by Crippen LogP contribution is -2.26. The molecular formula is C22H21ClN2O3S. The normalized spacial score (nSPS) is 11.4. The zero-order valence-corrected chi connectivity index (χ0v) is 17.5. The molecule has 150 valence electrons. The number of nitrogens with zero attached hydrogens (tertiary/aromatic N) is 1. The second-order valence-corrected chi connectivity index (χ2v) is 9.06. The maximum Gasteiger partial charge on any atom is 0.251 e. The molecule has 0 spiro atoms. The summed E-state index contributed by atoms with van der Waals surface area (Å²) in [5.74, 6) is -0.197. The second kappa shape index (κ2) is 9.22. The highest BCUT2D eigenvalue weighted by molar-refractivity contribution is 7.89. The van der Waals surface area contributed by atoms with Crippen molar-refractivity contribution >= 4 is 27.5 Å². The van der Waals surface area contributed by atoms with Gasteiger partial charge >= 0.3 is 0 Å². The fourth-order valence-electron chi connectivity index (χ4n) is 2.76. The molecule has 1 N–H and O–H groups in total. The summed E-state index contributed by atoms with van der Waals surface area (Å²) in [6, 6.07) is 22.5. The Morgan fingerprint density at radius 3 is 2.10 bits per heavy atom. The van der Waals surface area contributed by atoms with E-state index in [1.54, 1.807) is 66.7 Å². The van der Waals surface area contributed by atoms with Crippen molar-refractivity contribution in [2.24, 2.45) is 0 Å². The van der Waals surface area contributed by atoms with E-state index in [9.17, 15) is 13.2 Å². The Kier molecular flexibility index (Phi) is 6.69. The van der Waals surface area contributed by atoms with Gasteiger partial charge in [0, 0.05) is 30.7 Å². The maximum absolute atomic E-state index is 12.6. The predicted octanol–water partition coefficient (Wildman–Crippen LogP) is 4.09. The van der Waals surface area contributed by atoms with Crippen LogP contribution in [0.1, 0.15) is 21.5 Å². The summed E-state index contributed by atoms with van der Waals surface area (Å²) < 4.78 is 26.5. The average Bonchev–Trinajstić information content (AvgIpc) is 2.74. The molecule has 3 aromatic carbocycles. The molecule has 29 heavy (non-hydrogen) atoms. The molecule has 0 saturated carbocycles. The van der Waals surface area contributed by atoms with Crippen molar-refractivity contribution in [3.63, 3.8) is 0 Å². The topological polar surface area (TPSA) is 66.5 Å². The van der Waals surface area contributed by atoms with Crippen LogP contribution in [-0.4, -0.2) is 25.7 Å². The van der Waals surface area contributed by atoms with E-state index in [1.807, 2.05) is 12.1 Å². The van der Waals surface area contributed by atoms with E-state index in [-0.39, 0.29) is 17.3 Å². The summed E-state index contributed by atoms with van der Waals surface area (Å²) in [6.45, 7) is 0.611. The van der Waals surface area contributed by atoms with Crippen molar-refractivity contribution in [1.29, 1.82) is 0 Å². The highest BCUT2D eigenvalue weighted by Crippen LogP contribution is 2.17. The second-order valence-electron chi connectivity index (χ2n) is 6.58. The molecule has 0 atom stereocenters. The van der Waals surface area contributed by atoms with Gasteiger partial charge in [-0.1, -0.05) is 54.1 Å². The van der Waals surface area contributed by atoms with Crippen LogP contribution in [0.15, 0.2) is 83.8 Å². The lowest BCUT2D eigenvalue weighted by Gasteiger charge is -2.17. The van der Waals surface area contributed by atoms with Crippen LogP contribution in [-0.2, 0) is 23.1 Å². The Morgan fingerprint density at radius 2 is 1.48 bits per heavy atom. The third-order valence-corrected chi connectivity index (χ3v) is 6.51. The summed E-state index contributed by atoms with van der Waals surface area (Å²) >= 11 is 5.86. The first-order valence-electron chi connectivity index (χ1n) is 8.99. The van der Waals surface area contributed by atoms with E-state index in [0.29, 0.717) is 17.1 Å². The van der Waals surface area contributed by atoms with Gasteiger partial charge in [-0.25, -0.2) is 8.42 Å². The molecule has 0 aliphatic heterocycles. The summed E-state index contributed by atoms with van der Waals surface area (Å²) in [7, 11) is -2.02. The van der Waals surface area contributed by atoms with Gasteiger partial charge in [0.2, 0.25) is 10.0 Å². The Hall–Kier alpha value is -2.67. The zero-order valence-electron chi connectivity index (χ0n) is 15.9. The first kappa shape index (κ1) is 21.0. The minimum absolute atomic E-state index is 0.197. The predicted molar refractivity (Wildman–Crippen MR) is 114 cm³/mol. The van der Waals surface area contributed by atoms with Crippen LogP contribution < -0.4 is 5.32 Å². The zero-order chi connectivity index (χ0) is 20.9. The van der Waals surface area contributed by atoms with Crippen LogP contribution in [0, 0.1) is 0 Å². The Morgan fingerprint density at radius 1 is 0.897 bits per heavy atom. The Balaban J connectivity index is 1.60. The van der Waals surface area contributed by atoms with Crippen molar-refractivity contribution in [3.8, 4) is 0 Å². The molecule has 0 saturated heterocycles. The van der Waals surface area contributed by atoms with Gasteiger partial charge in [0.05, 0.1) is 4.90 Å². The highest BCUT2D eigenvalue weighted by Gasteiger charge is 2.20. The summed E-state index contributed by atoms with van der Waals surface area (Å²) in [4.78, 5) is 12.6. The van der Waals surface area contributed by atoms with E-state index in [2.05, 4.69) is 5.32 Å². The lowest BCUT2D eigenvalue weighted by atomic mass is 10.1. The molecule has 0 aliphatic carbocycles. The summed E-state index contributed by atoms with van der Waals surface area (Å²) in [5, 5.41) is 3.50. The number of sulfonamides is 1. The molecule has 0 fully saturated rings. The van der Waals surface area contributed by atoms with Crippen molar-refractivity contribution in [2.45, 2.75) is 18.0 Å². The average molecular weight is 429 g/mol. The molecule has 5 nitrogen and oxygen atoms in total. The van der Waals surface area contributed by atoms with Crippen LogP contribution in [0.4, 0.5) is 0 Å². The van der Waals surface area contributed by atoms with E-state index < -0.39 is 10.0 Å². The number of nitrogens with one attached hydrogen (secondary N) is 1. The van der Waals surface area contributed by atoms with Crippen LogP contribution in [0.5, 0.6) is 0 Å². The first-order valence-corrected chi connectivity index (χ1v) is 10.8. The van der Waals surface area contributed by atoms with Gasteiger partial charge in [-0.3, -0.25) is 4.79 Å². The van der Waals surface area contributed by atoms with Crippen LogP contribution in [0.2, 0.25) is 5.02 Å². The molecule has 1 amide bonds. The van der Waals surface area contributed by atoms with Crippen LogP contribution in [0.3, 0.4) is 0 Å². The van der Waals surface area contributed by atoms with E-state index in [1.165, 1.54) is 11.4 Å². The molecule has 0 aliphatic rings. The number of benzene rings is 3. The number of amides is 1. The smallest absolute Gasteiger partial charge is 0.251 e. The monoisotopic (exact) mass is 428 g/mol. The SMILES string of the molecule is CN(Cc1ccc(C(=O)NCc2ccc(Cl)cc2)cc1)S(=O)(=O)c1ccccc1. The molecule has 0 bridgehead atoms. The summed E-state index contributed by atoms with van der Waals surface area (Å²) in [6.07, 6.45) is 0. The number of hydrogen-bond acceptors (Lipinski definition) is 3. The van der Waals surface area contributed by atoms with Gasteiger partial charge in [0.25, 0.3) is 5.91 Å². The van der Waals surface area contributed by atoms with Crippen LogP contribution in [0.25, 0.3) is 0 Å². The van der Waals surface area contributed by atoms with Crippen LogP contribution >= 0.6 is 11.6 Å². The van der Waals surface area contributed by atoms with Gasteiger partial charge in [0.1, 0.15) is 0 Å². The molecule has 0 radical (unpaired) electrons. The standard InChI is InChI=1S/C22H21ClN2O3S/c1-25(29(27,28)21-5-3-2-4-6-21)16-18-7-11-19(12-8-18)22(26)24-15-17-9-13-20(23)14-10-17/h2-14H,15-16H2,1H3,(H,24,26). The largest absolute Gasteiger partial charge is 0.348 e. The van der Waals surface area contributed by atoms with Gasteiger partial charge in [0.15, 0.2) is 0 Å². The first-order chi connectivity index (χ1) is 13.9. The van der Waals surface area contributed by atoms with Crippen molar-refractivity contribution in [1.82, 2.24) is 9.62 Å². The number of carbonyl (C=O) groups excluding carboxylic acids is 1. The third-order valence-electron chi connectivity index (χ3n) is 4.44. The van der Waals surface area contributed by atoms with Crippen molar-refractivity contribution in [2.75, 3.05) is 7.05 Å². The Bertz CT molecular complexity index is 1070. The lowest BCUT2D eigenvalue weighted by molar-refractivity contribution is 0.0951. The number of hydrogen-bond donors (Lipinski definition) is 1. The number of rotatable bonds is 7. The quantitative estimate of drug-likeness (QED) is 0.616. The third kappa shape index (κ3) is 5.44. The number of halogens is 1. The highest BCUT2D eigenvalue weighted by atomic mass is 35.5. The molecule has 3 aromatic rings. The molecule has 0 heterocycles. The van der Waals surface area contributed by atoms with Gasteiger partial charge < -0.3 is 5.32 Å².